The quantitative estimate of drug-likeness (QED) is 0.564. The van der Waals surface area contributed by atoms with Gasteiger partial charge >= 0.3 is 0 Å². The summed E-state index contributed by atoms with van der Waals surface area (Å²) in [4.78, 5) is 17.8. The molecule has 1 fully saturated rings. The Balaban J connectivity index is 1.52. The third-order valence-corrected chi connectivity index (χ3v) is 6.87. The number of carbonyl (C=O) groups is 1. The number of allylic oxidation sites excluding steroid dienone is 1. The molecular formula is C27H31N3O4. The summed E-state index contributed by atoms with van der Waals surface area (Å²) in [6.45, 7) is 8.34. The van der Waals surface area contributed by atoms with E-state index in [0.717, 1.165) is 62.4 Å². The van der Waals surface area contributed by atoms with Crippen molar-refractivity contribution in [1.29, 1.82) is 0 Å². The fraction of sp³-hybridized carbons (Fsp3) is 0.370. The lowest BCUT2D eigenvalue weighted by Gasteiger charge is -2.32. The van der Waals surface area contributed by atoms with Gasteiger partial charge in [0.1, 0.15) is 17.2 Å². The number of likely N-dealkylation sites (N-methyl/N-ethyl adjacent to an activating group) is 1. The predicted molar refractivity (Wildman–Crippen MR) is 133 cm³/mol. The SMILES string of the molecule is CCc1cc(OC)cc2c(C=C3Oc4cc(O)ccc4C3=O)cn(CCN3CCN(C)CC3)c12. The van der Waals surface area contributed by atoms with Gasteiger partial charge in [-0.25, -0.2) is 0 Å². The second-order valence-corrected chi connectivity index (χ2v) is 9.08. The first-order valence-corrected chi connectivity index (χ1v) is 11.8. The van der Waals surface area contributed by atoms with Crippen molar-refractivity contribution in [3.05, 3.63) is 59.0 Å². The summed E-state index contributed by atoms with van der Waals surface area (Å²) < 4.78 is 13.7. The van der Waals surface area contributed by atoms with Crippen LogP contribution in [0.25, 0.3) is 17.0 Å². The van der Waals surface area contributed by atoms with Gasteiger partial charge in [-0.05, 0) is 49.4 Å². The number of rotatable bonds is 6. The lowest BCUT2D eigenvalue weighted by atomic mass is 10.0. The van der Waals surface area contributed by atoms with Crippen molar-refractivity contribution in [3.63, 3.8) is 0 Å². The third-order valence-electron chi connectivity index (χ3n) is 6.87. The molecule has 0 atom stereocenters. The molecule has 2 aromatic carbocycles. The molecule has 0 aliphatic carbocycles. The first-order valence-electron chi connectivity index (χ1n) is 11.8. The zero-order valence-electron chi connectivity index (χ0n) is 20.0. The number of aromatic hydroxyl groups is 1. The molecule has 0 amide bonds. The summed E-state index contributed by atoms with van der Waals surface area (Å²) in [6.07, 6.45) is 4.80. The van der Waals surface area contributed by atoms with Gasteiger partial charge in [0.25, 0.3) is 0 Å². The molecule has 5 rings (SSSR count). The Labute approximate surface area is 199 Å². The first kappa shape index (κ1) is 22.5. The summed E-state index contributed by atoms with van der Waals surface area (Å²) in [5.41, 5.74) is 3.77. The second kappa shape index (κ2) is 9.16. The van der Waals surface area contributed by atoms with Crippen LogP contribution in [-0.4, -0.2) is 72.1 Å². The van der Waals surface area contributed by atoms with E-state index >= 15 is 0 Å². The van der Waals surface area contributed by atoms with Crippen LogP contribution in [0.5, 0.6) is 17.2 Å². The predicted octanol–water partition coefficient (Wildman–Crippen LogP) is 3.78. The number of hydrogen-bond acceptors (Lipinski definition) is 6. The Kier molecular flexibility index (Phi) is 6.06. The number of aromatic nitrogens is 1. The standard InChI is InChI=1S/C27H31N3O4/c1-4-18-13-21(33-3)16-23-19(14-25-27(32)22-6-5-20(31)15-24(22)34-25)17-30(26(18)23)12-11-29-9-7-28(2)8-10-29/h5-6,13-17,31H,4,7-12H2,1-3H3. The van der Waals surface area contributed by atoms with E-state index in [-0.39, 0.29) is 17.3 Å². The summed E-state index contributed by atoms with van der Waals surface area (Å²) in [7, 11) is 3.85. The van der Waals surface area contributed by atoms with E-state index in [0.29, 0.717) is 11.3 Å². The molecule has 7 heteroatoms. The fourth-order valence-corrected chi connectivity index (χ4v) is 4.84. The number of ketones is 1. The number of fused-ring (bicyclic) bond motifs is 2. The Morgan fingerprint density at radius 1 is 1.12 bits per heavy atom. The van der Waals surface area contributed by atoms with Gasteiger partial charge in [0.15, 0.2) is 5.76 Å². The highest BCUT2D eigenvalue weighted by Crippen LogP contribution is 2.36. The average Bonchev–Trinajstić information content (AvgIpc) is 3.34. The van der Waals surface area contributed by atoms with Crippen LogP contribution in [0, 0.1) is 0 Å². The summed E-state index contributed by atoms with van der Waals surface area (Å²) >= 11 is 0. The number of methoxy groups -OCH3 is 1. The maximum Gasteiger partial charge on any atom is 0.231 e. The van der Waals surface area contributed by atoms with Crippen LogP contribution >= 0.6 is 0 Å². The molecule has 3 heterocycles. The first-order chi connectivity index (χ1) is 16.5. The fourth-order valence-electron chi connectivity index (χ4n) is 4.84. The van der Waals surface area contributed by atoms with Gasteiger partial charge in [0.2, 0.25) is 5.78 Å². The minimum atomic E-state index is -0.174. The van der Waals surface area contributed by atoms with E-state index in [1.165, 1.54) is 23.2 Å². The molecule has 1 saturated heterocycles. The van der Waals surface area contributed by atoms with Crippen molar-refractivity contribution in [2.75, 3.05) is 46.9 Å². The third kappa shape index (κ3) is 4.17. The van der Waals surface area contributed by atoms with Crippen LogP contribution in [0.15, 0.2) is 42.3 Å². The topological polar surface area (TPSA) is 67.2 Å². The molecule has 0 radical (unpaired) electrons. The number of benzene rings is 2. The van der Waals surface area contributed by atoms with Crippen LogP contribution in [0.1, 0.15) is 28.4 Å². The van der Waals surface area contributed by atoms with E-state index in [4.69, 9.17) is 9.47 Å². The minimum absolute atomic E-state index is 0.0747. The second-order valence-electron chi connectivity index (χ2n) is 9.08. The van der Waals surface area contributed by atoms with Gasteiger partial charge in [-0.2, -0.15) is 0 Å². The Morgan fingerprint density at radius 3 is 2.65 bits per heavy atom. The lowest BCUT2D eigenvalue weighted by Crippen LogP contribution is -2.45. The van der Waals surface area contributed by atoms with Gasteiger partial charge in [-0.3, -0.25) is 9.69 Å². The number of ether oxygens (including phenoxy) is 2. The van der Waals surface area contributed by atoms with Gasteiger partial charge in [-0.15, -0.1) is 0 Å². The van der Waals surface area contributed by atoms with Gasteiger partial charge < -0.3 is 24.0 Å². The lowest BCUT2D eigenvalue weighted by molar-refractivity contribution is 0.101. The molecule has 34 heavy (non-hydrogen) atoms. The van der Waals surface area contributed by atoms with E-state index < -0.39 is 0 Å². The molecule has 0 saturated carbocycles. The molecule has 1 aromatic heterocycles. The maximum absolute atomic E-state index is 12.9. The number of Topliss-reactive ketones (excluding diaryl/α,β-unsaturated/α-hetero) is 1. The van der Waals surface area contributed by atoms with Crippen molar-refractivity contribution < 1.29 is 19.4 Å². The largest absolute Gasteiger partial charge is 0.508 e. The molecule has 2 aliphatic rings. The number of hydrogen-bond donors (Lipinski definition) is 1. The monoisotopic (exact) mass is 461 g/mol. The zero-order chi connectivity index (χ0) is 23.8. The Bertz CT molecular complexity index is 1270. The molecule has 0 spiro atoms. The molecule has 2 aliphatic heterocycles. The molecule has 7 nitrogen and oxygen atoms in total. The van der Waals surface area contributed by atoms with E-state index in [9.17, 15) is 9.90 Å². The molecule has 3 aromatic rings. The molecule has 1 N–H and O–H groups in total. The summed E-state index contributed by atoms with van der Waals surface area (Å²) in [6, 6.07) is 8.72. The molecule has 178 valence electrons. The van der Waals surface area contributed by atoms with Gasteiger partial charge in [-0.1, -0.05) is 6.92 Å². The van der Waals surface area contributed by atoms with Gasteiger partial charge in [0, 0.05) is 62.5 Å². The number of piperazine rings is 1. The Hall–Kier alpha value is -3.29. The van der Waals surface area contributed by atoms with Crippen LogP contribution in [0.2, 0.25) is 0 Å². The highest BCUT2D eigenvalue weighted by Gasteiger charge is 2.28. The van der Waals surface area contributed by atoms with E-state index in [1.807, 2.05) is 12.1 Å². The van der Waals surface area contributed by atoms with Crippen molar-refractivity contribution in [3.8, 4) is 17.2 Å². The Morgan fingerprint density at radius 2 is 1.91 bits per heavy atom. The number of nitrogens with zero attached hydrogens (tertiary/aromatic N) is 3. The van der Waals surface area contributed by atoms with Crippen molar-refractivity contribution >= 4 is 22.8 Å². The summed E-state index contributed by atoms with van der Waals surface area (Å²) in [5, 5.41) is 10.8. The average molecular weight is 462 g/mol. The summed E-state index contributed by atoms with van der Waals surface area (Å²) in [5.74, 6) is 1.35. The highest BCUT2D eigenvalue weighted by molar-refractivity contribution is 6.15. The zero-order valence-corrected chi connectivity index (χ0v) is 20.0. The van der Waals surface area contributed by atoms with Crippen LogP contribution in [0.4, 0.5) is 0 Å². The number of phenols is 1. The van der Waals surface area contributed by atoms with Crippen LogP contribution in [-0.2, 0) is 13.0 Å². The maximum atomic E-state index is 12.9. The normalized spacial score (nSPS) is 18.0. The number of phenolic OH excluding ortho intramolecular Hbond substituents is 1. The van der Waals surface area contributed by atoms with Gasteiger partial charge in [0.05, 0.1) is 18.2 Å². The van der Waals surface area contributed by atoms with Crippen LogP contribution in [0.3, 0.4) is 0 Å². The highest BCUT2D eigenvalue weighted by atomic mass is 16.5. The number of aryl methyl sites for hydroxylation is 1. The van der Waals surface area contributed by atoms with Crippen molar-refractivity contribution in [1.82, 2.24) is 14.4 Å². The van der Waals surface area contributed by atoms with E-state index in [1.54, 1.807) is 13.2 Å². The van der Waals surface area contributed by atoms with Crippen molar-refractivity contribution in [2.45, 2.75) is 19.9 Å². The van der Waals surface area contributed by atoms with Crippen LogP contribution < -0.4 is 9.47 Å². The molecule has 0 unspecified atom stereocenters. The van der Waals surface area contributed by atoms with E-state index in [2.05, 4.69) is 40.6 Å². The molecular weight excluding hydrogens is 430 g/mol. The minimum Gasteiger partial charge on any atom is -0.508 e. The molecule has 0 bridgehead atoms. The van der Waals surface area contributed by atoms with Crippen molar-refractivity contribution in [2.24, 2.45) is 0 Å². The number of carbonyl (C=O) groups excluding carboxylic acids is 1. The smallest absolute Gasteiger partial charge is 0.231 e.